The van der Waals surface area contributed by atoms with E-state index >= 15 is 0 Å². The van der Waals surface area contributed by atoms with Gasteiger partial charge in [-0.15, -0.1) is 0 Å². The third kappa shape index (κ3) is 5.01. The fraction of sp³-hybridized carbons (Fsp3) is 0.750. The zero-order chi connectivity index (χ0) is 13.6. The van der Waals surface area contributed by atoms with Crippen molar-refractivity contribution < 1.29 is 4.43 Å². The average molecular weight is 267 g/mol. The fourth-order valence-electron chi connectivity index (χ4n) is 1.80. The minimum atomic E-state index is -1.65. The summed E-state index contributed by atoms with van der Waals surface area (Å²) < 4.78 is 6.45. The first kappa shape index (κ1) is 15.6. The van der Waals surface area contributed by atoms with Crippen molar-refractivity contribution >= 4 is 8.32 Å². The van der Waals surface area contributed by atoms with E-state index in [1.54, 1.807) is 0 Å². The Morgan fingerprint density at radius 3 is 2.22 bits per heavy atom. The standard InChI is InChI=1S/C16H30OSi/c1-16(2,3)18(4,5)17-15-13-11-9-7-6-8-10-12-14-15/h6-7,14H,8-13H2,1-5H3/b7-6-,15-14+. The second-order valence-corrected chi connectivity index (χ2v) is 11.6. The lowest BCUT2D eigenvalue weighted by Gasteiger charge is -2.37. The Balaban J connectivity index is 2.65. The Morgan fingerprint density at radius 2 is 1.61 bits per heavy atom. The average Bonchev–Trinajstić information content (AvgIpc) is 2.25. The molecule has 0 aromatic carbocycles. The minimum Gasteiger partial charge on any atom is -0.547 e. The van der Waals surface area contributed by atoms with Crippen molar-refractivity contribution in [2.75, 3.05) is 0 Å². The highest BCUT2D eigenvalue weighted by molar-refractivity contribution is 6.74. The zero-order valence-corrected chi connectivity index (χ0v) is 13.9. The normalized spacial score (nSPS) is 23.9. The van der Waals surface area contributed by atoms with E-state index in [1.807, 2.05) is 0 Å². The van der Waals surface area contributed by atoms with Gasteiger partial charge in [-0.3, -0.25) is 0 Å². The van der Waals surface area contributed by atoms with E-state index in [-0.39, 0.29) is 0 Å². The van der Waals surface area contributed by atoms with E-state index in [9.17, 15) is 0 Å². The van der Waals surface area contributed by atoms with E-state index < -0.39 is 8.32 Å². The maximum Gasteiger partial charge on any atom is 0.250 e. The van der Waals surface area contributed by atoms with Gasteiger partial charge in [0, 0.05) is 6.42 Å². The number of allylic oxidation sites excluding steroid dienone is 4. The SMILES string of the molecule is CC(C)(C)[Si](C)(C)O/C1=C/CCC/C=C\CCC1. The molecule has 18 heavy (non-hydrogen) atoms. The predicted octanol–water partition coefficient (Wildman–Crippen LogP) is 5.80. The van der Waals surface area contributed by atoms with Gasteiger partial charge in [0.2, 0.25) is 8.32 Å². The quantitative estimate of drug-likeness (QED) is 0.453. The van der Waals surface area contributed by atoms with Crippen molar-refractivity contribution in [1.29, 1.82) is 0 Å². The van der Waals surface area contributed by atoms with Gasteiger partial charge in [0.1, 0.15) is 0 Å². The maximum absolute atomic E-state index is 6.45. The largest absolute Gasteiger partial charge is 0.547 e. The fourth-order valence-corrected chi connectivity index (χ4v) is 2.95. The molecule has 2 heteroatoms. The highest BCUT2D eigenvalue weighted by Crippen LogP contribution is 2.38. The van der Waals surface area contributed by atoms with Crippen LogP contribution in [0, 0.1) is 0 Å². The lowest BCUT2D eigenvalue weighted by molar-refractivity contribution is 0.361. The summed E-state index contributed by atoms with van der Waals surface area (Å²) in [6, 6.07) is 0. The molecule has 1 rings (SSSR count). The first-order chi connectivity index (χ1) is 8.33. The van der Waals surface area contributed by atoms with Crippen LogP contribution in [0.3, 0.4) is 0 Å². The number of hydrogen-bond acceptors (Lipinski definition) is 1. The van der Waals surface area contributed by atoms with E-state index in [2.05, 4.69) is 52.1 Å². The third-order valence-corrected chi connectivity index (χ3v) is 8.48. The molecule has 0 fully saturated rings. The molecule has 104 valence electrons. The summed E-state index contributed by atoms with van der Waals surface area (Å²) in [7, 11) is -1.65. The van der Waals surface area contributed by atoms with Crippen LogP contribution < -0.4 is 0 Å². The topological polar surface area (TPSA) is 9.23 Å². The summed E-state index contributed by atoms with van der Waals surface area (Å²) in [6.07, 6.45) is 14.1. The molecular weight excluding hydrogens is 236 g/mol. The van der Waals surface area contributed by atoms with Gasteiger partial charge >= 0.3 is 0 Å². The molecule has 0 amide bonds. The Bertz CT molecular complexity index is 308. The molecule has 0 heterocycles. The Hall–Kier alpha value is -0.503. The summed E-state index contributed by atoms with van der Waals surface area (Å²) in [5.74, 6) is 1.26. The molecule has 0 aliphatic heterocycles. The molecule has 0 saturated heterocycles. The maximum atomic E-state index is 6.45. The Kier molecular flexibility index (Phi) is 5.70. The molecule has 1 aliphatic carbocycles. The molecule has 1 nitrogen and oxygen atoms in total. The van der Waals surface area contributed by atoms with Crippen molar-refractivity contribution in [2.24, 2.45) is 0 Å². The van der Waals surface area contributed by atoms with E-state index in [4.69, 9.17) is 4.43 Å². The van der Waals surface area contributed by atoms with Gasteiger partial charge in [-0.2, -0.15) is 0 Å². The highest BCUT2D eigenvalue weighted by atomic mass is 28.4. The minimum absolute atomic E-state index is 0.295. The van der Waals surface area contributed by atoms with E-state index in [0.29, 0.717) is 5.04 Å². The molecule has 0 aromatic heterocycles. The second kappa shape index (κ2) is 6.60. The zero-order valence-electron chi connectivity index (χ0n) is 12.9. The third-order valence-electron chi connectivity index (χ3n) is 4.10. The lowest BCUT2D eigenvalue weighted by Crippen LogP contribution is -2.40. The number of hydrogen-bond donors (Lipinski definition) is 0. The van der Waals surface area contributed by atoms with Crippen LogP contribution in [0.4, 0.5) is 0 Å². The van der Waals surface area contributed by atoms with Crippen molar-refractivity contribution in [1.82, 2.24) is 0 Å². The summed E-state index contributed by atoms with van der Waals surface area (Å²) in [5.41, 5.74) is 0. The van der Waals surface area contributed by atoms with Crippen LogP contribution in [0.5, 0.6) is 0 Å². The first-order valence-corrected chi connectivity index (χ1v) is 10.3. The van der Waals surface area contributed by atoms with Gasteiger partial charge in [0.15, 0.2) is 0 Å². The van der Waals surface area contributed by atoms with Crippen LogP contribution in [-0.4, -0.2) is 8.32 Å². The second-order valence-electron chi connectivity index (χ2n) is 6.83. The van der Waals surface area contributed by atoms with E-state index in [0.717, 1.165) is 12.8 Å². The Labute approximate surface area is 114 Å². The molecule has 0 unspecified atom stereocenters. The van der Waals surface area contributed by atoms with Gasteiger partial charge in [0.05, 0.1) is 5.76 Å². The van der Waals surface area contributed by atoms with Crippen LogP contribution in [0.2, 0.25) is 18.1 Å². The molecule has 0 aromatic rings. The van der Waals surface area contributed by atoms with Crippen LogP contribution in [-0.2, 0) is 4.43 Å². The van der Waals surface area contributed by atoms with Crippen molar-refractivity contribution in [3.63, 3.8) is 0 Å². The van der Waals surface area contributed by atoms with E-state index in [1.165, 1.54) is 31.4 Å². The molecule has 0 spiro atoms. The molecular formula is C16H30OSi. The molecule has 1 aliphatic rings. The molecule has 0 N–H and O–H groups in total. The van der Waals surface area contributed by atoms with Crippen LogP contribution in [0.15, 0.2) is 24.0 Å². The van der Waals surface area contributed by atoms with Gasteiger partial charge < -0.3 is 4.43 Å². The monoisotopic (exact) mass is 266 g/mol. The highest BCUT2D eigenvalue weighted by Gasteiger charge is 2.39. The summed E-state index contributed by atoms with van der Waals surface area (Å²) >= 11 is 0. The molecule has 0 atom stereocenters. The molecule has 0 bridgehead atoms. The first-order valence-electron chi connectivity index (χ1n) is 7.36. The van der Waals surface area contributed by atoms with Gasteiger partial charge in [-0.05, 0) is 56.3 Å². The smallest absolute Gasteiger partial charge is 0.250 e. The Morgan fingerprint density at radius 1 is 1.00 bits per heavy atom. The van der Waals surface area contributed by atoms with Crippen molar-refractivity contribution in [2.45, 2.75) is 77.4 Å². The summed E-state index contributed by atoms with van der Waals surface area (Å²) in [5, 5.41) is 0.295. The van der Waals surface area contributed by atoms with Crippen molar-refractivity contribution in [3.05, 3.63) is 24.0 Å². The van der Waals surface area contributed by atoms with Crippen LogP contribution >= 0.6 is 0 Å². The van der Waals surface area contributed by atoms with Gasteiger partial charge in [-0.1, -0.05) is 32.9 Å². The van der Waals surface area contributed by atoms with Gasteiger partial charge in [-0.25, -0.2) is 0 Å². The summed E-state index contributed by atoms with van der Waals surface area (Å²) in [4.78, 5) is 0. The van der Waals surface area contributed by atoms with Crippen molar-refractivity contribution in [3.8, 4) is 0 Å². The molecule has 0 saturated carbocycles. The van der Waals surface area contributed by atoms with Crippen LogP contribution in [0.25, 0.3) is 0 Å². The van der Waals surface area contributed by atoms with Crippen LogP contribution in [0.1, 0.15) is 59.3 Å². The number of rotatable bonds is 2. The lowest BCUT2D eigenvalue weighted by atomic mass is 10.1. The summed E-state index contributed by atoms with van der Waals surface area (Å²) in [6.45, 7) is 11.6. The predicted molar refractivity (Wildman–Crippen MR) is 83.2 cm³/mol. The molecule has 0 radical (unpaired) electrons. The van der Waals surface area contributed by atoms with Gasteiger partial charge in [0.25, 0.3) is 0 Å².